The average Bonchev–Trinajstić information content (AvgIpc) is 3.01. The highest BCUT2D eigenvalue weighted by Gasteiger charge is 2.76. The van der Waals surface area contributed by atoms with Crippen LogP contribution in [0.1, 0.15) is 78.6 Å². The molecule has 0 radical (unpaired) electrons. The third kappa shape index (κ3) is 2.78. The number of fused-ring (bicyclic) bond motifs is 5. The van der Waals surface area contributed by atoms with E-state index < -0.39 is 52.5 Å². The van der Waals surface area contributed by atoms with E-state index in [9.17, 15) is 24.6 Å². The van der Waals surface area contributed by atoms with Gasteiger partial charge in [-0.05, 0) is 56.3 Å². The number of halogens is 1. The van der Waals surface area contributed by atoms with Crippen LogP contribution in [-0.2, 0) is 19.1 Å². The van der Waals surface area contributed by atoms with Crippen molar-refractivity contribution in [1.82, 2.24) is 0 Å². The van der Waals surface area contributed by atoms with Crippen LogP contribution in [0.4, 0.5) is 4.39 Å². The number of ketones is 2. The molecule has 2 N–H and O–H groups in total. The molecule has 0 amide bonds. The van der Waals surface area contributed by atoms with Gasteiger partial charge in [0, 0.05) is 30.1 Å². The topological polar surface area (TPSA) is 101 Å². The summed E-state index contributed by atoms with van der Waals surface area (Å²) in [6.07, 6.45) is 1.86. The predicted molar refractivity (Wildman–Crippen MR) is 110 cm³/mol. The van der Waals surface area contributed by atoms with Gasteiger partial charge in [0.25, 0.3) is 0 Å². The van der Waals surface area contributed by atoms with Crippen LogP contribution in [0.3, 0.4) is 0 Å². The van der Waals surface area contributed by atoms with Crippen LogP contribution >= 0.6 is 0 Å². The second-order valence-corrected chi connectivity index (χ2v) is 10.8. The van der Waals surface area contributed by atoms with Gasteiger partial charge in [-0.3, -0.25) is 14.4 Å². The summed E-state index contributed by atoms with van der Waals surface area (Å²) in [5.41, 5.74) is -5.14. The number of aliphatic hydroxyl groups is 2. The molecule has 0 saturated heterocycles. The number of alkyl halides is 1. The van der Waals surface area contributed by atoms with E-state index in [0.717, 1.165) is 0 Å². The molecule has 4 aliphatic rings. The molecule has 2 unspecified atom stereocenters. The van der Waals surface area contributed by atoms with Crippen LogP contribution in [-0.4, -0.2) is 51.7 Å². The zero-order valence-electron chi connectivity index (χ0n) is 18.8. The normalized spacial score (nSPS) is 49.0. The average molecular weight is 439 g/mol. The van der Waals surface area contributed by atoms with Crippen LogP contribution in [0.15, 0.2) is 0 Å². The van der Waals surface area contributed by atoms with Crippen molar-refractivity contribution < 1.29 is 33.7 Å². The maximum Gasteiger partial charge on any atom is 0.306 e. The van der Waals surface area contributed by atoms with Gasteiger partial charge in [-0.25, -0.2) is 4.39 Å². The van der Waals surface area contributed by atoms with Crippen molar-refractivity contribution in [2.75, 3.05) is 6.61 Å². The Balaban J connectivity index is 1.77. The van der Waals surface area contributed by atoms with E-state index in [4.69, 9.17) is 4.74 Å². The quantitative estimate of drug-likeness (QED) is 0.655. The van der Waals surface area contributed by atoms with Crippen LogP contribution in [0.2, 0.25) is 0 Å². The monoisotopic (exact) mass is 438 g/mol. The van der Waals surface area contributed by atoms with Crippen molar-refractivity contribution >= 4 is 17.5 Å². The lowest BCUT2D eigenvalue weighted by Gasteiger charge is -2.65. The molecule has 4 saturated carbocycles. The van der Waals surface area contributed by atoms with Gasteiger partial charge in [0.05, 0.1) is 6.10 Å². The van der Waals surface area contributed by atoms with Gasteiger partial charge in [0.1, 0.15) is 18.1 Å². The van der Waals surface area contributed by atoms with Crippen LogP contribution in [0, 0.1) is 28.6 Å². The molecule has 0 aliphatic heterocycles. The van der Waals surface area contributed by atoms with E-state index in [2.05, 4.69) is 0 Å². The van der Waals surface area contributed by atoms with E-state index in [0.29, 0.717) is 38.5 Å². The molecule has 7 heteroatoms. The first-order valence-corrected chi connectivity index (χ1v) is 11.7. The minimum absolute atomic E-state index is 0.0103. The second-order valence-electron chi connectivity index (χ2n) is 10.8. The molecule has 4 rings (SSSR count). The van der Waals surface area contributed by atoms with Crippen molar-refractivity contribution in [3.05, 3.63) is 0 Å². The molecule has 6 nitrogen and oxygen atoms in total. The van der Waals surface area contributed by atoms with Crippen molar-refractivity contribution in [1.29, 1.82) is 0 Å². The molecule has 4 fully saturated rings. The van der Waals surface area contributed by atoms with Crippen LogP contribution in [0.25, 0.3) is 0 Å². The van der Waals surface area contributed by atoms with E-state index in [1.165, 1.54) is 0 Å². The van der Waals surface area contributed by atoms with Gasteiger partial charge in [0.15, 0.2) is 5.60 Å². The molecule has 0 aromatic carbocycles. The van der Waals surface area contributed by atoms with E-state index >= 15 is 4.39 Å². The SMILES string of the molecule is CCC(=O)O[C@]1(C(=O)CO)CC[C@H]2[C@@H]3CCC4CC(=O)CC[C@]4(C)[C@@]3(F)C(O)C[C@@]21C. The highest BCUT2D eigenvalue weighted by molar-refractivity contribution is 5.92. The Hall–Kier alpha value is -1.34. The Morgan fingerprint density at radius 1 is 1.13 bits per heavy atom. The van der Waals surface area contributed by atoms with E-state index in [-0.39, 0.29) is 36.9 Å². The lowest BCUT2D eigenvalue weighted by molar-refractivity contribution is -0.256. The number of Topliss-reactive ketones (excluding diaryl/α,β-unsaturated/α-hetero) is 2. The molecule has 174 valence electrons. The Morgan fingerprint density at radius 2 is 1.84 bits per heavy atom. The molecule has 4 aliphatic carbocycles. The summed E-state index contributed by atoms with van der Waals surface area (Å²) in [4.78, 5) is 37.3. The zero-order valence-corrected chi connectivity index (χ0v) is 18.8. The Kier molecular flexibility index (Phi) is 5.41. The summed E-state index contributed by atoms with van der Waals surface area (Å²) in [6.45, 7) is 4.59. The minimum atomic E-state index is -1.85. The summed E-state index contributed by atoms with van der Waals surface area (Å²) in [5.74, 6) is -1.75. The molecule has 0 spiro atoms. The maximum absolute atomic E-state index is 17.1. The first-order chi connectivity index (χ1) is 14.5. The third-order valence-corrected chi connectivity index (χ3v) is 9.85. The molecule has 8 atom stereocenters. The van der Waals surface area contributed by atoms with Gasteiger partial charge in [-0.1, -0.05) is 20.8 Å². The van der Waals surface area contributed by atoms with E-state index in [1.54, 1.807) is 6.92 Å². The zero-order chi connectivity index (χ0) is 22.8. The predicted octanol–water partition coefficient (Wildman–Crippen LogP) is 2.91. The summed E-state index contributed by atoms with van der Waals surface area (Å²) >= 11 is 0. The Bertz CT molecular complexity index is 799. The Morgan fingerprint density at radius 3 is 2.48 bits per heavy atom. The standard InChI is InChI=1S/C24H35FO6/c1-4-20(30)31-23(19(29)13-26)10-8-16-17-6-5-14-11-15(27)7-9-21(14,2)24(17,25)18(28)12-22(16,23)3/h14,16-18,26,28H,4-13H2,1-3H3/t14?,16-,17-,18?,21-,22-,23-,24-/m0/s1. The smallest absolute Gasteiger partial charge is 0.306 e. The van der Waals surface area contributed by atoms with Crippen molar-refractivity contribution in [3.63, 3.8) is 0 Å². The fourth-order valence-corrected chi connectivity index (χ4v) is 8.12. The highest BCUT2D eigenvalue weighted by Crippen LogP contribution is 2.71. The summed E-state index contributed by atoms with van der Waals surface area (Å²) in [7, 11) is 0. The molecular weight excluding hydrogens is 403 g/mol. The number of carbonyl (C=O) groups is 3. The molecule has 0 bridgehead atoms. The fraction of sp³-hybridized carbons (Fsp3) is 0.875. The van der Waals surface area contributed by atoms with Crippen molar-refractivity contribution in [2.24, 2.45) is 28.6 Å². The minimum Gasteiger partial charge on any atom is -0.450 e. The van der Waals surface area contributed by atoms with Gasteiger partial charge >= 0.3 is 5.97 Å². The third-order valence-electron chi connectivity index (χ3n) is 9.85. The van der Waals surface area contributed by atoms with Crippen molar-refractivity contribution in [2.45, 2.75) is 95.9 Å². The number of rotatable bonds is 4. The van der Waals surface area contributed by atoms with Gasteiger partial charge in [-0.15, -0.1) is 0 Å². The summed E-state index contributed by atoms with van der Waals surface area (Å²) in [5, 5.41) is 21.1. The number of esters is 1. The number of hydrogen-bond acceptors (Lipinski definition) is 6. The fourth-order valence-electron chi connectivity index (χ4n) is 8.12. The van der Waals surface area contributed by atoms with Gasteiger partial charge < -0.3 is 14.9 Å². The first-order valence-electron chi connectivity index (χ1n) is 11.7. The van der Waals surface area contributed by atoms with Crippen LogP contribution in [0.5, 0.6) is 0 Å². The largest absolute Gasteiger partial charge is 0.450 e. The second kappa shape index (κ2) is 7.34. The summed E-state index contributed by atoms with van der Waals surface area (Å²) < 4.78 is 22.9. The molecule has 0 aromatic rings. The van der Waals surface area contributed by atoms with Crippen LogP contribution < -0.4 is 0 Å². The van der Waals surface area contributed by atoms with Gasteiger partial charge in [0.2, 0.25) is 5.78 Å². The van der Waals surface area contributed by atoms with Gasteiger partial charge in [-0.2, -0.15) is 0 Å². The Labute approximate surface area is 182 Å². The first kappa shape index (κ1) is 22.8. The molecule has 0 aromatic heterocycles. The molecule has 0 heterocycles. The summed E-state index contributed by atoms with van der Waals surface area (Å²) in [6, 6.07) is 0. The molecule has 31 heavy (non-hydrogen) atoms. The number of hydrogen-bond donors (Lipinski definition) is 2. The van der Waals surface area contributed by atoms with Crippen molar-refractivity contribution in [3.8, 4) is 0 Å². The number of aliphatic hydroxyl groups excluding tert-OH is 2. The highest BCUT2D eigenvalue weighted by atomic mass is 19.1. The number of carbonyl (C=O) groups excluding carboxylic acids is 3. The lowest BCUT2D eigenvalue weighted by Crippen LogP contribution is -2.71. The van der Waals surface area contributed by atoms with E-state index in [1.807, 2.05) is 13.8 Å². The molecular formula is C24H35FO6. The maximum atomic E-state index is 17.1. The number of ether oxygens (including phenoxy) is 1. The lowest BCUT2D eigenvalue weighted by atomic mass is 9.42.